The number of carbonyl (C=O) groups excluding carboxylic acids is 1. The molecule has 0 amide bonds. The van der Waals surface area contributed by atoms with E-state index < -0.39 is 69.9 Å². The summed E-state index contributed by atoms with van der Waals surface area (Å²) in [5.41, 5.74) is -1.14. The van der Waals surface area contributed by atoms with Gasteiger partial charge in [-0.1, -0.05) is 0 Å². The van der Waals surface area contributed by atoms with Gasteiger partial charge in [0.1, 0.15) is 30.0 Å². The molecule has 0 heterocycles. The van der Waals surface area contributed by atoms with Crippen LogP contribution in [0.5, 0.6) is 23.0 Å². The van der Waals surface area contributed by atoms with Crippen molar-refractivity contribution in [2.24, 2.45) is 0 Å². The van der Waals surface area contributed by atoms with Crippen molar-refractivity contribution in [1.29, 1.82) is 0 Å². The molecule has 15 heteroatoms. The van der Waals surface area contributed by atoms with Crippen molar-refractivity contribution in [2.45, 2.75) is 9.79 Å². The summed E-state index contributed by atoms with van der Waals surface area (Å²) in [6, 6.07) is 3.04. The molecule has 0 aliphatic rings. The van der Waals surface area contributed by atoms with E-state index in [0.29, 0.717) is 0 Å². The fourth-order valence-electron chi connectivity index (χ4n) is 2.41. The normalized spacial score (nSPS) is 11.1. The van der Waals surface area contributed by atoms with Crippen LogP contribution < -0.4 is 68.6 Å². The zero-order chi connectivity index (χ0) is 21.4. The standard InChI is InChI=1S/C15H14O11S2.2Na/c1-25-14-9(27(19,20)21)5-3-7(12(14)17)11(16)8-4-6-10(28(22,23)24)15(26-2)13(8)18;;/h3-6,17-18H,1-2H3,(H,19,20,21)(H,22,23,24);;/q;2*+1/p-2. The number of phenols is 2. The molecule has 0 saturated carbocycles. The number of methoxy groups -OCH3 is 2. The van der Waals surface area contributed by atoms with Gasteiger partial charge in [-0.2, -0.15) is 0 Å². The monoisotopic (exact) mass is 478 g/mol. The van der Waals surface area contributed by atoms with Crippen LogP contribution in [-0.4, -0.2) is 56.2 Å². The molecule has 0 radical (unpaired) electrons. The molecule has 0 unspecified atom stereocenters. The quantitative estimate of drug-likeness (QED) is 0.228. The van der Waals surface area contributed by atoms with E-state index in [1.165, 1.54) is 0 Å². The molecular formula is C15H12Na2O11S2. The molecule has 0 saturated heterocycles. The van der Waals surface area contributed by atoms with Crippen LogP contribution >= 0.6 is 0 Å². The van der Waals surface area contributed by atoms with Crippen molar-refractivity contribution in [3.8, 4) is 23.0 Å². The number of phenolic OH excluding ortho intramolecular Hbond substituents is 2. The van der Waals surface area contributed by atoms with Crippen molar-refractivity contribution in [2.75, 3.05) is 14.2 Å². The Kier molecular flexibility index (Phi) is 10.3. The second-order valence-electron chi connectivity index (χ2n) is 5.22. The van der Waals surface area contributed by atoms with Gasteiger partial charge in [0, 0.05) is 0 Å². The molecule has 0 spiro atoms. The summed E-state index contributed by atoms with van der Waals surface area (Å²) < 4.78 is 76.6. The van der Waals surface area contributed by atoms with Gasteiger partial charge in [-0.25, -0.2) is 16.8 Å². The summed E-state index contributed by atoms with van der Waals surface area (Å²) in [6.45, 7) is 0. The molecule has 0 aromatic heterocycles. The number of carbonyl (C=O) groups is 1. The zero-order valence-electron chi connectivity index (χ0n) is 16.2. The second kappa shape index (κ2) is 10.6. The van der Waals surface area contributed by atoms with E-state index in [4.69, 9.17) is 0 Å². The maximum atomic E-state index is 12.7. The summed E-state index contributed by atoms with van der Waals surface area (Å²) in [5.74, 6) is -4.67. The molecule has 30 heavy (non-hydrogen) atoms. The van der Waals surface area contributed by atoms with Gasteiger partial charge >= 0.3 is 59.1 Å². The first-order valence-electron chi connectivity index (χ1n) is 7.11. The summed E-state index contributed by atoms with van der Waals surface area (Å²) in [7, 11) is -8.16. The molecule has 0 bridgehead atoms. The molecule has 152 valence electrons. The van der Waals surface area contributed by atoms with Crippen LogP contribution in [0.1, 0.15) is 15.9 Å². The van der Waals surface area contributed by atoms with Gasteiger partial charge in [0.25, 0.3) is 0 Å². The van der Waals surface area contributed by atoms with Crippen LogP contribution in [0, 0.1) is 0 Å². The smallest absolute Gasteiger partial charge is 0.744 e. The first kappa shape index (κ1) is 29.1. The number of aromatic hydroxyl groups is 2. The Labute approximate surface area is 216 Å². The predicted molar refractivity (Wildman–Crippen MR) is 88.7 cm³/mol. The molecule has 0 aliphatic heterocycles. The van der Waals surface area contributed by atoms with Crippen molar-refractivity contribution in [1.82, 2.24) is 0 Å². The van der Waals surface area contributed by atoms with Crippen molar-refractivity contribution in [3.05, 3.63) is 35.4 Å². The Morgan fingerprint density at radius 2 is 1.07 bits per heavy atom. The van der Waals surface area contributed by atoms with E-state index in [1.54, 1.807) is 0 Å². The third-order valence-corrected chi connectivity index (χ3v) is 5.35. The maximum Gasteiger partial charge on any atom is 1.00 e. The Morgan fingerprint density at radius 1 is 0.767 bits per heavy atom. The van der Waals surface area contributed by atoms with Crippen LogP contribution in [0.3, 0.4) is 0 Å². The van der Waals surface area contributed by atoms with Gasteiger partial charge < -0.3 is 28.8 Å². The van der Waals surface area contributed by atoms with Gasteiger partial charge in [-0.3, -0.25) is 4.79 Å². The minimum absolute atomic E-state index is 0. The van der Waals surface area contributed by atoms with Crippen LogP contribution in [0.15, 0.2) is 34.1 Å². The van der Waals surface area contributed by atoms with Crippen LogP contribution in [0.4, 0.5) is 0 Å². The average molecular weight is 478 g/mol. The fourth-order valence-corrected chi connectivity index (χ4v) is 3.69. The minimum Gasteiger partial charge on any atom is -0.744 e. The first-order valence-corrected chi connectivity index (χ1v) is 9.92. The maximum absolute atomic E-state index is 12.7. The molecular weight excluding hydrogens is 466 g/mol. The number of rotatable bonds is 6. The minimum atomic E-state index is -5.03. The van der Waals surface area contributed by atoms with Crippen molar-refractivity contribution in [3.63, 3.8) is 0 Å². The number of ketones is 1. The summed E-state index contributed by atoms with van der Waals surface area (Å²) >= 11 is 0. The largest absolute Gasteiger partial charge is 1.00 e. The topological polar surface area (TPSA) is 190 Å². The van der Waals surface area contributed by atoms with Gasteiger partial charge in [-0.05, 0) is 24.3 Å². The third-order valence-electron chi connectivity index (χ3n) is 3.63. The molecule has 2 N–H and O–H groups in total. The van der Waals surface area contributed by atoms with Crippen molar-refractivity contribution >= 4 is 26.0 Å². The molecule has 0 fully saturated rings. The number of benzene rings is 2. The van der Waals surface area contributed by atoms with Gasteiger partial charge in [-0.15, -0.1) is 0 Å². The molecule has 0 aliphatic carbocycles. The van der Waals surface area contributed by atoms with E-state index in [-0.39, 0.29) is 59.1 Å². The molecule has 2 aromatic rings. The summed E-state index contributed by atoms with van der Waals surface area (Å²) in [5, 5.41) is 20.3. The predicted octanol–water partition coefficient (Wildman–Crippen LogP) is -5.84. The van der Waals surface area contributed by atoms with E-state index in [9.17, 15) is 40.9 Å². The molecule has 0 atom stereocenters. The van der Waals surface area contributed by atoms with Gasteiger partial charge in [0.2, 0.25) is 5.78 Å². The second-order valence-corrected chi connectivity index (χ2v) is 7.92. The summed E-state index contributed by atoms with van der Waals surface area (Å²) in [6.07, 6.45) is 0. The number of ether oxygens (including phenoxy) is 2. The molecule has 2 rings (SSSR count). The Balaban J connectivity index is 0.00000420. The van der Waals surface area contributed by atoms with E-state index in [1.807, 2.05) is 0 Å². The number of hydrogen-bond donors (Lipinski definition) is 2. The Hall–Kier alpha value is -0.870. The van der Waals surface area contributed by atoms with E-state index in [0.717, 1.165) is 38.5 Å². The van der Waals surface area contributed by atoms with E-state index in [2.05, 4.69) is 9.47 Å². The zero-order valence-corrected chi connectivity index (χ0v) is 21.8. The van der Waals surface area contributed by atoms with Crippen molar-refractivity contribution < 1.29 is 110 Å². The number of hydrogen-bond acceptors (Lipinski definition) is 11. The Morgan fingerprint density at radius 3 is 1.30 bits per heavy atom. The summed E-state index contributed by atoms with van der Waals surface area (Å²) in [4.78, 5) is 10.8. The van der Waals surface area contributed by atoms with Crippen LogP contribution in [-0.2, 0) is 20.2 Å². The van der Waals surface area contributed by atoms with Gasteiger partial charge in [0.05, 0.1) is 25.3 Å². The fraction of sp³-hybridized carbons (Fsp3) is 0.133. The SMILES string of the molecule is COc1c(S(=O)(=O)[O-])ccc(C(=O)c2ccc(S(=O)(=O)[O-])c(OC)c2O)c1O.[Na+].[Na+]. The van der Waals surface area contributed by atoms with Crippen LogP contribution in [0.25, 0.3) is 0 Å². The Bertz CT molecular complexity index is 1080. The van der Waals surface area contributed by atoms with Crippen LogP contribution in [0.2, 0.25) is 0 Å². The van der Waals surface area contributed by atoms with Gasteiger partial charge in [0.15, 0.2) is 23.0 Å². The first-order chi connectivity index (χ1) is 12.8. The molecule has 11 nitrogen and oxygen atoms in total. The third kappa shape index (κ3) is 5.68. The van der Waals surface area contributed by atoms with E-state index >= 15 is 0 Å². The molecule has 2 aromatic carbocycles. The average Bonchev–Trinajstić information content (AvgIpc) is 2.58.